The minimum atomic E-state index is 0.507. The molecule has 18 heavy (non-hydrogen) atoms. The molecule has 1 aliphatic carbocycles. The zero-order valence-electron chi connectivity index (χ0n) is 11.9. The fourth-order valence-electron chi connectivity index (χ4n) is 3.46. The van der Waals surface area contributed by atoms with Crippen LogP contribution in [0.2, 0.25) is 0 Å². The Morgan fingerprint density at radius 2 is 1.78 bits per heavy atom. The first-order valence-corrected chi connectivity index (χ1v) is 9.42. The molecule has 3 N–H and O–H groups in total. The van der Waals surface area contributed by atoms with E-state index >= 15 is 0 Å². The molecule has 1 heterocycles. The molecule has 0 spiro atoms. The van der Waals surface area contributed by atoms with Crippen molar-refractivity contribution in [2.24, 2.45) is 23.6 Å². The molecule has 0 bridgehead atoms. The predicted molar refractivity (Wildman–Crippen MR) is 84.9 cm³/mol. The van der Waals surface area contributed by atoms with Crippen molar-refractivity contribution in [3.63, 3.8) is 0 Å². The molecule has 2 rings (SSSR count). The Morgan fingerprint density at radius 3 is 2.39 bits per heavy atom. The van der Waals surface area contributed by atoms with Gasteiger partial charge in [-0.25, -0.2) is 0 Å². The number of hydrogen-bond acceptors (Lipinski definition) is 4. The molecular formula is C14H28N2S2. The Hall–Kier alpha value is 0.620. The highest BCUT2D eigenvalue weighted by Gasteiger charge is 2.37. The Bertz CT molecular complexity index is 262. The third-order valence-electron chi connectivity index (χ3n) is 4.93. The number of rotatable bonds is 3. The number of nitrogens with one attached hydrogen (secondary N) is 1. The van der Waals surface area contributed by atoms with Crippen LogP contribution in [0.15, 0.2) is 0 Å². The van der Waals surface area contributed by atoms with E-state index < -0.39 is 0 Å². The van der Waals surface area contributed by atoms with Crippen LogP contribution in [0, 0.1) is 17.8 Å². The molecule has 6 unspecified atom stereocenters. The van der Waals surface area contributed by atoms with Crippen molar-refractivity contribution in [1.29, 1.82) is 0 Å². The van der Waals surface area contributed by atoms with E-state index in [9.17, 15) is 0 Å². The van der Waals surface area contributed by atoms with E-state index in [2.05, 4.69) is 49.7 Å². The Labute approximate surface area is 121 Å². The fourth-order valence-corrected chi connectivity index (χ4v) is 6.48. The quantitative estimate of drug-likeness (QED) is 0.618. The molecule has 1 saturated carbocycles. The first-order valence-electron chi connectivity index (χ1n) is 7.32. The molecule has 2 nitrogen and oxygen atoms in total. The maximum atomic E-state index is 5.90. The van der Waals surface area contributed by atoms with Gasteiger partial charge in [0.25, 0.3) is 0 Å². The molecule has 0 aromatic heterocycles. The molecule has 0 aromatic carbocycles. The van der Waals surface area contributed by atoms with Gasteiger partial charge in [-0.2, -0.15) is 23.5 Å². The summed E-state index contributed by atoms with van der Waals surface area (Å²) in [5, 5.41) is 1.43. The molecule has 0 aromatic rings. The summed E-state index contributed by atoms with van der Waals surface area (Å²) in [7, 11) is 0. The van der Waals surface area contributed by atoms with Crippen molar-refractivity contribution in [2.45, 2.75) is 56.6 Å². The van der Waals surface area contributed by atoms with E-state index in [1.54, 1.807) is 0 Å². The second-order valence-corrected chi connectivity index (χ2v) is 8.90. The van der Waals surface area contributed by atoms with Gasteiger partial charge in [-0.15, -0.1) is 0 Å². The molecule has 2 fully saturated rings. The van der Waals surface area contributed by atoms with Gasteiger partial charge < -0.3 is 0 Å². The Balaban J connectivity index is 1.99. The van der Waals surface area contributed by atoms with E-state index in [1.807, 2.05) is 0 Å². The highest BCUT2D eigenvalue weighted by atomic mass is 32.2. The summed E-state index contributed by atoms with van der Waals surface area (Å²) in [6.07, 6.45) is 4.09. The third-order valence-corrected chi connectivity index (χ3v) is 8.15. The number of hydrogen-bond donors (Lipinski definition) is 2. The van der Waals surface area contributed by atoms with Crippen molar-refractivity contribution >= 4 is 23.5 Å². The predicted octanol–water partition coefficient (Wildman–Crippen LogP) is 3.13. The minimum Gasteiger partial charge on any atom is -0.271 e. The van der Waals surface area contributed by atoms with Crippen LogP contribution in [0.5, 0.6) is 0 Å². The molecule has 6 atom stereocenters. The highest BCUT2D eigenvalue weighted by Crippen LogP contribution is 2.41. The van der Waals surface area contributed by atoms with Crippen molar-refractivity contribution in [3.05, 3.63) is 0 Å². The molecular weight excluding hydrogens is 260 g/mol. The van der Waals surface area contributed by atoms with Crippen LogP contribution in [0.4, 0.5) is 0 Å². The van der Waals surface area contributed by atoms with Crippen LogP contribution < -0.4 is 11.3 Å². The van der Waals surface area contributed by atoms with Crippen molar-refractivity contribution in [1.82, 2.24) is 5.43 Å². The van der Waals surface area contributed by atoms with Gasteiger partial charge >= 0.3 is 0 Å². The van der Waals surface area contributed by atoms with Gasteiger partial charge in [0.2, 0.25) is 0 Å². The van der Waals surface area contributed by atoms with Crippen molar-refractivity contribution < 1.29 is 0 Å². The summed E-state index contributed by atoms with van der Waals surface area (Å²) in [6.45, 7) is 7.19. The summed E-state index contributed by atoms with van der Waals surface area (Å²) >= 11 is 4.26. The van der Waals surface area contributed by atoms with Gasteiger partial charge in [-0.1, -0.05) is 27.2 Å². The topological polar surface area (TPSA) is 38.0 Å². The zero-order chi connectivity index (χ0) is 13.1. The van der Waals surface area contributed by atoms with Crippen molar-refractivity contribution in [3.8, 4) is 0 Å². The standard InChI is InChI=1S/C14H28N2S2/c1-9-4-5-12(8-10(9)2)13(16-15)14-11(3)17-6-7-18-14/h9-14,16H,4-8,15H2,1-3H3. The van der Waals surface area contributed by atoms with Crippen LogP contribution in [0.1, 0.15) is 40.0 Å². The molecule has 2 aliphatic rings. The van der Waals surface area contributed by atoms with E-state index in [0.717, 1.165) is 23.0 Å². The fraction of sp³-hybridized carbons (Fsp3) is 1.00. The number of hydrazine groups is 1. The average molecular weight is 289 g/mol. The monoisotopic (exact) mass is 288 g/mol. The zero-order valence-corrected chi connectivity index (χ0v) is 13.5. The summed E-state index contributed by atoms with van der Waals surface area (Å²) in [5.41, 5.74) is 3.17. The highest BCUT2D eigenvalue weighted by molar-refractivity contribution is 8.07. The SMILES string of the molecule is CC1CCC(C(NN)C2SCCSC2C)CC1C. The lowest BCUT2D eigenvalue weighted by Gasteiger charge is -2.42. The smallest absolute Gasteiger partial charge is 0.0368 e. The molecule has 0 radical (unpaired) electrons. The van der Waals surface area contributed by atoms with Gasteiger partial charge in [0.1, 0.15) is 0 Å². The largest absolute Gasteiger partial charge is 0.271 e. The lowest BCUT2D eigenvalue weighted by molar-refractivity contribution is 0.169. The maximum absolute atomic E-state index is 5.90. The Morgan fingerprint density at radius 1 is 1.06 bits per heavy atom. The van der Waals surface area contributed by atoms with Gasteiger partial charge in [-0.3, -0.25) is 11.3 Å². The van der Waals surface area contributed by atoms with E-state index in [4.69, 9.17) is 5.84 Å². The van der Waals surface area contributed by atoms with Gasteiger partial charge in [0.05, 0.1) is 0 Å². The number of nitrogens with two attached hydrogens (primary N) is 1. The molecule has 0 amide bonds. The van der Waals surface area contributed by atoms with Crippen LogP contribution in [-0.4, -0.2) is 28.0 Å². The summed E-state index contributed by atoms with van der Waals surface area (Å²) < 4.78 is 0. The molecule has 1 aliphatic heterocycles. The lowest BCUT2D eigenvalue weighted by atomic mass is 9.72. The van der Waals surface area contributed by atoms with E-state index in [1.165, 1.54) is 30.8 Å². The summed E-state index contributed by atoms with van der Waals surface area (Å²) in [5.74, 6) is 11.0. The number of thioether (sulfide) groups is 2. The van der Waals surface area contributed by atoms with Crippen LogP contribution in [-0.2, 0) is 0 Å². The van der Waals surface area contributed by atoms with Crippen LogP contribution >= 0.6 is 23.5 Å². The average Bonchev–Trinajstić information content (AvgIpc) is 2.37. The van der Waals surface area contributed by atoms with Gasteiger partial charge in [0.15, 0.2) is 0 Å². The lowest BCUT2D eigenvalue weighted by Crippen LogP contribution is -2.52. The summed E-state index contributed by atoms with van der Waals surface area (Å²) in [6, 6.07) is 0.507. The second kappa shape index (κ2) is 6.87. The maximum Gasteiger partial charge on any atom is 0.0368 e. The van der Waals surface area contributed by atoms with E-state index in [-0.39, 0.29) is 0 Å². The molecule has 4 heteroatoms. The normalized spacial score (nSPS) is 43.7. The second-order valence-electron chi connectivity index (χ2n) is 6.13. The third kappa shape index (κ3) is 3.38. The summed E-state index contributed by atoms with van der Waals surface area (Å²) in [4.78, 5) is 0. The van der Waals surface area contributed by atoms with Gasteiger partial charge in [0, 0.05) is 28.0 Å². The van der Waals surface area contributed by atoms with Crippen LogP contribution in [0.3, 0.4) is 0 Å². The van der Waals surface area contributed by atoms with E-state index in [0.29, 0.717) is 11.3 Å². The minimum absolute atomic E-state index is 0.507. The molecule has 106 valence electrons. The van der Waals surface area contributed by atoms with Crippen LogP contribution in [0.25, 0.3) is 0 Å². The molecule has 1 saturated heterocycles. The first-order chi connectivity index (χ1) is 8.63. The van der Waals surface area contributed by atoms with Crippen molar-refractivity contribution in [2.75, 3.05) is 11.5 Å². The van der Waals surface area contributed by atoms with Gasteiger partial charge in [-0.05, 0) is 30.6 Å². The Kier molecular flexibility index (Phi) is 5.73. The first kappa shape index (κ1) is 15.0.